The molecule has 4 heteroatoms. The van der Waals surface area contributed by atoms with Crippen molar-refractivity contribution in [1.29, 1.82) is 0 Å². The first-order valence-corrected chi connectivity index (χ1v) is 8.03. The summed E-state index contributed by atoms with van der Waals surface area (Å²) in [6, 6.07) is 12.2. The molecule has 3 rings (SSSR count). The molecule has 0 saturated heterocycles. The molecule has 2 N–H and O–H groups in total. The summed E-state index contributed by atoms with van der Waals surface area (Å²) < 4.78 is 0. The molecule has 4 nitrogen and oxygen atoms in total. The number of hydrogen-bond donors (Lipinski definition) is 2. The lowest BCUT2D eigenvalue weighted by Crippen LogP contribution is -2.25. The molecule has 0 radical (unpaired) electrons. The standard InChI is InChI=1S/C19H21N3O/c23-19(9-3-5-15-6-4-11-20-13-15)21-12-10-16-14-22-18-8-2-1-7-17(16)18/h1-2,4,6-8,11,13-14,22H,3,5,9-10,12H2,(H,21,23). The van der Waals surface area contributed by atoms with E-state index in [1.807, 2.05) is 36.7 Å². The number of aromatic amines is 1. The van der Waals surface area contributed by atoms with Crippen LogP contribution in [0.1, 0.15) is 24.0 Å². The summed E-state index contributed by atoms with van der Waals surface area (Å²) in [6.45, 7) is 0.674. The summed E-state index contributed by atoms with van der Waals surface area (Å²) in [5.41, 5.74) is 3.57. The van der Waals surface area contributed by atoms with Crippen molar-refractivity contribution in [3.8, 4) is 0 Å². The summed E-state index contributed by atoms with van der Waals surface area (Å²) in [5.74, 6) is 0.119. The Hall–Kier alpha value is -2.62. The van der Waals surface area contributed by atoms with Crippen LogP contribution < -0.4 is 5.32 Å². The molecule has 0 saturated carbocycles. The fraction of sp³-hybridized carbons (Fsp3) is 0.263. The third-order valence-corrected chi connectivity index (χ3v) is 3.98. The Morgan fingerprint density at radius 2 is 2.04 bits per heavy atom. The largest absolute Gasteiger partial charge is 0.361 e. The van der Waals surface area contributed by atoms with Gasteiger partial charge in [0.25, 0.3) is 0 Å². The van der Waals surface area contributed by atoms with Gasteiger partial charge in [0, 0.05) is 42.5 Å². The summed E-state index contributed by atoms with van der Waals surface area (Å²) in [4.78, 5) is 19.2. The van der Waals surface area contributed by atoms with E-state index in [9.17, 15) is 4.79 Å². The van der Waals surface area contributed by atoms with Crippen LogP contribution in [-0.2, 0) is 17.6 Å². The molecule has 0 atom stereocenters. The van der Waals surface area contributed by atoms with Crippen LogP contribution in [0.25, 0.3) is 10.9 Å². The van der Waals surface area contributed by atoms with E-state index < -0.39 is 0 Å². The first-order chi connectivity index (χ1) is 11.3. The maximum absolute atomic E-state index is 11.9. The molecule has 0 unspecified atom stereocenters. The highest BCUT2D eigenvalue weighted by molar-refractivity contribution is 5.83. The molecule has 23 heavy (non-hydrogen) atoms. The molecule has 2 aromatic heterocycles. The molecule has 0 fully saturated rings. The molecule has 0 aliphatic carbocycles. The smallest absolute Gasteiger partial charge is 0.220 e. The highest BCUT2D eigenvalue weighted by Crippen LogP contribution is 2.17. The minimum absolute atomic E-state index is 0.119. The Labute approximate surface area is 136 Å². The van der Waals surface area contributed by atoms with Gasteiger partial charge in [-0.1, -0.05) is 24.3 Å². The van der Waals surface area contributed by atoms with E-state index >= 15 is 0 Å². The van der Waals surface area contributed by atoms with E-state index in [0.29, 0.717) is 13.0 Å². The van der Waals surface area contributed by atoms with Crippen molar-refractivity contribution in [2.75, 3.05) is 6.54 Å². The van der Waals surface area contributed by atoms with Crippen LogP contribution in [0.2, 0.25) is 0 Å². The maximum atomic E-state index is 11.9. The van der Waals surface area contributed by atoms with Crippen molar-refractivity contribution in [3.05, 3.63) is 66.1 Å². The Morgan fingerprint density at radius 1 is 1.13 bits per heavy atom. The first-order valence-electron chi connectivity index (χ1n) is 8.03. The Balaban J connectivity index is 1.39. The van der Waals surface area contributed by atoms with Crippen LogP contribution in [-0.4, -0.2) is 22.4 Å². The monoisotopic (exact) mass is 307 g/mol. The number of carbonyl (C=O) groups excluding carboxylic acids is 1. The van der Waals surface area contributed by atoms with Gasteiger partial charge in [-0.25, -0.2) is 0 Å². The van der Waals surface area contributed by atoms with Crippen LogP contribution >= 0.6 is 0 Å². The number of para-hydroxylation sites is 1. The molecule has 0 bridgehead atoms. The average molecular weight is 307 g/mol. The van der Waals surface area contributed by atoms with Crippen molar-refractivity contribution in [2.45, 2.75) is 25.7 Å². The molecule has 2 heterocycles. The SMILES string of the molecule is O=C(CCCc1cccnc1)NCCc1c[nH]c2ccccc12. The molecular weight excluding hydrogens is 286 g/mol. The van der Waals surface area contributed by atoms with Crippen molar-refractivity contribution < 1.29 is 4.79 Å². The lowest BCUT2D eigenvalue weighted by Gasteiger charge is -2.05. The predicted octanol–water partition coefficient (Wildman–Crippen LogP) is 3.24. The number of nitrogens with one attached hydrogen (secondary N) is 2. The van der Waals surface area contributed by atoms with Gasteiger partial charge >= 0.3 is 0 Å². The topological polar surface area (TPSA) is 57.8 Å². The summed E-state index contributed by atoms with van der Waals surface area (Å²) in [7, 11) is 0. The van der Waals surface area contributed by atoms with E-state index in [4.69, 9.17) is 0 Å². The summed E-state index contributed by atoms with van der Waals surface area (Å²) in [6.07, 6.45) is 8.80. The fourth-order valence-corrected chi connectivity index (χ4v) is 2.76. The van der Waals surface area contributed by atoms with E-state index in [0.717, 1.165) is 24.8 Å². The van der Waals surface area contributed by atoms with Crippen molar-refractivity contribution >= 4 is 16.8 Å². The van der Waals surface area contributed by atoms with Gasteiger partial charge in [0.15, 0.2) is 0 Å². The zero-order chi connectivity index (χ0) is 15.9. The Bertz CT molecular complexity index is 764. The summed E-state index contributed by atoms with van der Waals surface area (Å²) in [5, 5.41) is 4.24. The number of pyridine rings is 1. The zero-order valence-electron chi connectivity index (χ0n) is 13.1. The van der Waals surface area contributed by atoms with E-state index in [2.05, 4.69) is 27.4 Å². The van der Waals surface area contributed by atoms with Crippen molar-refractivity contribution in [1.82, 2.24) is 15.3 Å². The van der Waals surface area contributed by atoms with Gasteiger partial charge < -0.3 is 10.3 Å². The number of aromatic nitrogens is 2. The molecule has 3 aromatic rings. The number of nitrogens with zero attached hydrogens (tertiary/aromatic N) is 1. The first kappa shape index (κ1) is 15.3. The van der Waals surface area contributed by atoms with Crippen molar-refractivity contribution in [3.63, 3.8) is 0 Å². The highest BCUT2D eigenvalue weighted by Gasteiger charge is 2.05. The lowest BCUT2D eigenvalue weighted by atomic mass is 10.1. The van der Waals surface area contributed by atoms with Gasteiger partial charge in [0.05, 0.1) is 0 Å². The third kappa shape index (κ3) is 4.19. The molecule has 0 spiro atoms. The number of aryl methyl sites for hydroxylation is 1. The minimum atomic E-state index is 0.119. The number of rotatable bonds is 7. The number of amides is 1. The van der Waals surface area contributed by atoms with Gasteiger partial charge in [0.1, 0.15) is 0 Å². The second-order valence-electron chi connectivity index (χ2n) is 5.67. The number of fused-ring (bicyclic) bond motifs is 1. The number of H-pyrrole nitrogens is 1. The van der Waals surface area contributed by atoms with Gasteiger partial charge in [0.2, 0.25) is 5.91 Å². The molecule has 0 aliphatic heterocycles. The number of carbonyl (C=O) groups is 1. The van der Waals surface area contributed by atoms with Crippen LogP contribution in [0.15, 0.2) is 55.0 Å². The normalized spacial score (nSPS) is 10.8. The number of hydrogen-bond acceptors (Lipinski definition) is 2. The number of benzene rings is 1. The zero-order valence-corrected chi connectivity index (χ0v) is 13.1. The second-order valence-corrected chi connectivity index (χ2v) is 5.67. The van der Waals surface area contributed by atoms with Gasteiger partial charge in [-0.15, -0.1) is 0 Å². The van der Waals surface area contributed by atoms with E-state index in [-0.39, 0.29) is 5.91 Å². The van der Waals surface area contributed by atoms with Crippen LogP contribution in [0.5, 0.6) is 0 Å². The van der Waals surface area contributed by atoms with Crippen molar-refractivity contribution in [2.24, 2.45) is 0 Å². The quantitative estimate of drug-likeness (QED) is 0.704. The molecule has 0 aliphatic rings. The van der Waals surface area contributed by atoms with Crippen LogP contribution in [0.4, 0.5) is 0 Å². The maximum Gasteiger partial charge on any atom is 0.220 e. The van der Waals surface area contributed by atoms with E-state index in [1.54, 1.807) is 6.20 Å². The fourth-order valence-electron chi connectivity index (χ4n) is 2.76. The van der Waals surface area contributed by atoms with Gasteiger partial charge in [-0.3, -0.25) is 9.78 Å². The Kier molecular flexibility index (Phi) is 5.04. The van der Waals surface area contributed by atoms with Gasteiger partial charge in [-0.05, 0) is 42.5 Å². The molecular formula is C19H21N3O. The minimum Gasteiger partial charge on any atom is -0.361 e. The van der Waals surface area contributed by atoms with Crippen LogP contribution in [0.3, 0.4) is 0 Å². The average Bonchev–Trinajstić information content (AvgIpc) is 2.99. The van der Waals surface area contributed by atoms with Gasteiger partial charge in [-0.2, -0.15) is 0 Å². The summed E-state index contributed by atoms with van der Waals surface area (Å²) >= 11 is 0. The lowest BCUT2D eigenvalue weighted by molar-refractivity contribution is -0.121. The Morgan fingerprint density at radius 3 is 2.91 bits per heavy atom. The second kappa shape index (κ2) is 7.58. The third-order valence-electron chi connectivity index (χ3n) is 3.98. The predicted molar refractivity (Wildman–Crippen MR) is 92.2 cm³/mol. The van der Waals surface area contributed by atoms with E-state index in [1.165, 1.54) is 16.5 Å². The molecule has 1 amide bonds. The highest BCUT2D eigenvalue weighted by atomic mass is 16.1. The van der Waals surface area contributed by atoms with Crippen LogP contribution in [0, 0.1) is 0 Å². The molecule has 118 valence electrons. The molecule has 1 aromatic carbocycles.